The quantitative estimate of drug-likeness (QED) is 0.863. The van der Waals surface area contributed by atoms with Gasteiger partial charge in [-0.1, -0.05) is 17.7 Å². The standard InChI is InChI=1S/C17H22ClNO4/c1-22-14-6-5-11(15(18)16(14)23-2)7-19-8-12(10-3-4-10)13(9-19)17(20)21/h5-6,10,12-13H,3-4,7-9H2,1-2H3,(H,20,21). The lowest BCUT2D eigenvalue weighted by Gasteiger charge is -2.18. The number of carbonyl (C=O) groups is 1. The molecule has 126 valence electrons. The minimum Gasteiger partial charge on any atom is -0.493 e. The van der Waals surface area contributed by atoms with Gasteiger partial charge in [0.1, 0.15) is 0 Å². The Kier molecular flexibility index (Phi) is 4.69. The molecule has 2 unspecified atom stereocenters. The second-order valence-corrected chi connectivity index (χ2v) is 6.79. The van der Waals surface area contributed by atoms with E-state index in [1.165, 1.54) is 12.8 Å². The Labute approximate surface area is 141 Å². The number of methoxy groups -OCH3 is 2. The van der Waals surface area contributed by atoms with Gasteiger partial charge in [-0.2, -0.15) is 0 Å². The van der Waals surface area contributed by atoms with Gasteiger partial charge in [-0.25, -0.2) is 0 Å². The molecule has 0 bridgehead atoms. The van der Waals surface area contributed by atoms with Crippen molar-refractivity contribution in [3.05, 3.63) is 22.7 Å². The van der Waals surface area contributed by atoms with Crippen LogP contribution in [0, 0.1) is 17.8 Å². The molecule has 1 heterocycles. The third kappa shape index (κ3) is 3.26. The fourth-order valence-corrected chi connectivity index (χ4v) is 3.89. The number of nitrogens with zero attached hydrogens (tertiary/aromatic N) is 1. The van der Waals surface area contributed by atoms with Gasteiger partial charge in [0.25, 0.3) is 0 Å². The summed E-state index contributed by atoms with van der Waals surface area (Å²) in [6, 6.07) is 3.76. The molecule has 1 saturated heterocycles. The first kappa shape index (κ1) is 16.4. The molecule has 2 atom stereocenters. The molecule has 0 spiro atoms. The molecule has 0 radical (unpaired) electrons. The third-order valence-corrected chi connectivity index (χ3v) is 5.36. The molecule has 1 aromatic carbocycles. The summed E-state index contributed by atoms with van der Waals surface area (Å²) in [6.45, 7) is 2.04. The van der Waals surface area contributed by atoms with E-state index in [2.05, 4.69) is 4.90 Å². The first-order chi connectivity index (χ1) is 11.0. The van der Waals surface area contributed by atoms with Crippen molar-refractivity contribution >= 4 is 17.6 Å². The fraction of sp³-hybridized carbons (Fsp3) is 0.588. The Morgan fingerprint density at radius 3 is 2.61 bits per heavy atom. The number of hydrogen-bond donors (Lipinski definition) is 1. The molecule has 2 aliphatic rings. The Hall–Kier alpha value is -1.46. The maximum Gasteiger partial charge on any atom is 0.308 e. The Morgan fingerprint density at radius 2 is 2.04 bits per heavy atom. The molecular formula is C17H22ClNO4. The summed E-state index contributed by atoms with van der Waals surface area (Å²) in [7, 11) is 3.14. The lowest BCUT2D eigenvalue weighted by atomic mass is 9.92. The maximum atomic E-state index is 11.5. The zero-order chi connectivity index (χ0) is 16.6. The topological polar surface area (TPSA) is 59.0 Å². The van der Waals surface area contributed by atoms with Crippen LogP contribution in [0.3, 0.4) is 0 Å². The Bertz CT molecular complexity index is 603. The zero-order valence-corrected chi connectivity index (χ0v) is 14.2. The summed E-state index contributed by atoms with van der Waals surface area (Å²) in [5, 5.41) is 10.00. The Morgan fingerprint density at radius 1 is 1.30 bits per heavy atom. The van der Waals surface area contributed by atoms with Crippen molar-refractivity contribution in [1.29, 1.82) is 0 Å². The average molecular weight is 340 g/mol. The molecule has 5 nitrogen and oxygen atoms in total. The molecule has 1 N–H and O–H groups in total. The van der Waals surface area contributed by atoms with Crippen LogP contribution in [-0.2, 0) is 11.3 Å². The average Bonchev–Trinajstić information content (AvgIpc) is 3.29. The number of aliphatic carboxylic acids is 1. The van der Waals surface area contributed by atoms with Gasteiger partial charge in [0.15, 0.2) is 11.5 Å². The van der Waals surface area contributed by atoms with Gasteiger partial charge in [-0.15, -0.1) is 0 Å². The van der Waals surface area contributed by atoms with Crippen LogP contribution in [0.5, 0.6) is 11.5 Å². The van der Waals surface area contributed by atoms with Crippen LogP contribution in [-0.4, -0.2) is 43.3 Å². The summed E-state index contributed by atoms with van der Waals surface area (Å²) < 4.78 is 10.6. The first-order valence-corrected chi connectivity index (χ1v) is 8.27. The van der Waals surface area contributed by atoms with E-state index in [0.717, 1.165) is 12.1 Å². The molecule has 2 fully saturated rings. The molecule has 1 aliphatic heterocycles. The summed E-state index contributed by atoms with van der Waals surface area (Å²) in [5.74, 6) is 1.04. The van der Waals surface area contributed by atoms with E-state index in [1.54, 1.807) is 14.2 Å². The smallest absolute Gasteiger partial charge is 0.308 e. The lowest BCUT2D eigenvalue weighted by molar-refractivity contribution is -0.142. The number of benzene rings is 1. The molecule has 23 heavy (non-hydrogen) atoms. The highest BCUT2D eigenvalue weighted by molar-refractivity contribution is 6.33. The summed E-state index contributed by atoms with van der Waals surface area (Å²) in [4.78, 5) is 13.7. The number of likely N-dealkylation sites (tertiary alicyclic amines) is 1. The second kappa shape index (κ2) is 6.57. The molecule has 6 heteroatoms. The summed E-state index contributed by atoms with van der Waals surface area (Å²) >= 11 is 6.43. The summed E-state index contributed by atoms with van der Waals surface area (Å²) in [6.07, 6.45) is 2.33. The first-order valence-electron chi connectivity index (χ1n) is 7.89. The highest BCUT2D eigenvalue weighted by atomic mass is 35.5. The highest BCUT2D eigenvalue weighted by Gasteiger charge is 2.45. The van der Waals surface area contributed by atoms with Crippen LogP contribution in [0.4, 0.5) is 0 Å². The molecular weight excluding hydrogens is 318 g/mol. The van der Waals surface area contributed by atoms with Crippen molar-refractivity contribution in [3.8, 4) is 11.5 Å². The van der Waals surface area contributed by atoms with Gasteiger partial charge < -0.3 is 14.6 Å². The SMILES string of the molecule is COc1ccc(CN2CC(C(=O)O)C(C3CC3)C2)c(Cl)c1OC. The number of carboxylic acid groups (broad SMARTS) is 1. The zero-order valence-electron chi connectivity index (χ0n) is 13.4. The van der Waals surface area contributed by atoms with E-state index in [1.807, 2.05) is 12.1 Å². The predicted octanol–water partition coefficient (Wildman–Crippen LogP) is 2.90. The van der Waals surface area contributed by atoms with Crippen LogP contribution < -0.4 is 9.47 Å². The van der Waals surface area contributed by atoms with Crippen molar-refractivity contribution in [1.82, 2.24) is 4.90 Å². The Balaban J connectivity index is 1.76. The summed E-state index contributed by atoms with van der Waals surface area (Å²) in [5.41, 5.74) is 0.935. The normalized spacial score (nSPS) is 24.7. The van der Waals surface area contributed by atoms with Gasteiger partial charge in [0.05, 0.1) is 25.2 Å². The monoisotopic (exact) mass is 339 g/mol. The number of halogens is 1. The highest BCUT2D eigenvalue weighted by Crippen LogP contribution is 2.45. The fourth-order valence-electron chi connectivity index (χ4n) is 3.60. The minimum absolute atomic E-state index is 0.263. The minimum atomic E-state index is -0.678. The van der Waals surface area contributed by atoms with Crippen LogP contribution >= 0.6 is 11.6 Å². The molecule has 1 aliphatic carbocycles. The maximum absolute atomic E-state index is 11.5. The van der Waals surface area contributed by atoms with Crippen LogP contribution in [0.25, 0.3) is 0 Å². The molecule has 0 aromatic heterocycles. The van der Waals surface area contributed by atoms with E-state index in [4.69, 9.17) is 21.1 Å². The molecule has 3 rings (SSSR count). The van der Waals surface area contributed by atoms with Gasteiger partial charge in [0, 0.05) is 19.6 Å². The van der Waals surface area contributed by atoms with Crippen molar-refractivity contribution in [2.24, 2.45) is 17.8 Å². The molecule has 1 aromatic rings. The number of carboxylic acids is 1. The van der Waals surface area contributed by atoms with E-state index < -0.39 is 5.97 Å². The van der Waals surface area contributed by atoms with E-state index in [0.29, 0.717) is 35.5 Å². The second-order valence-electron chi connectivity index (χ2n) is 6.41. The third-order valence-electron chi connectivity index (χ3n) is 4.94. The van der Waals surface area contributed by atoms with E-state index in [9.17, 15) is 9.90 Å². The van der Waals surface area contributed by atoms with E-state index >= 15 is 0 Å². The van der Waals surface area contributed by atoms with Crippen LogP contribution in [0.15, 0.2) is 12.1 Å². The molecule has 1 saturated carbocycles. The van der Waals surface area contributed by atoms with Gasteiger partial charge >= 0.3 is 5.97 Å². The number of hydrogen-bond acceptors (Lipinski definition) is 4. The van der Waals surface area contributed by atoms with E-state index in [-0.39, 0.29) is 11.8 Å². The molecule has 0 amide bonds. The van der Waals surface area contributed by atoms with Crippen LogP contribution in [0.1, 0.15) is 18.4 Å². The van der Waals surface area contributed by atoms with Gasteiger partial charge in [-0.05, 0) is 36.3 Å². The van der Waals surface area contributed by atoms with Crippen molar-refractivity contribution in [3.63, 3.8) is 0 Å². The van der Waals surface area contributed by atoms with Crippen molar-refractivity contribution in [2.45, 2.75) is 19.4 Å². The largest absolute Gasteiger partial charge is 0.493 e. The van der Waals surface area contributed by atoms with Gasteiger partial charge in [0.2, 0.25) is 0 Å². The predicted molar refractivity (Wildman–Crippen MR) is 87.2 cm³/mol. The lowest BCUT2D eigenvalue weighted by Crippen LogP contribution is -2.24. The number of ether oxygens (including phenoxy) is 2. The van der Waals surface area contributed by atoms with Crippen molar-refractivity contribution < 1.29 is 19.4 Å². The van der Waals surface area contributed by atoms with Crippen molar-refractivity contribution in [2.75, 3.05) is 27.3 Å². The van der Waals surface area contributed by atoms with Gasteiger partial charge in [-0.3, -0.25) is 9.69 Å². The van der Waals surface area contributed by atoms with Crippen LogP contribution in [0.2, 0.25) is 5.02 Å². The number of rotatable bonds is 6.